The van der Waals surface area contributed by atoms with E-state index in [1.807, 2.05) is 6.92 Å². The smallest absolute Gasteiger partial charge is 0.356 e. The third-order valence-corrected chi connectivity index (χ3v) is 3.31. The number of alkyl halides is 1. The average molecular weight is 314 g/mol. The molecule has 2 N–H and O–H groups in total. The highest BCUT2D eigenvalue weighted by Crippen LogP contribution is 2.22. The molecule has 0 bridgehead atoms. The van der Waals surface area contributed by atoms with E-state index in [0.29, 0.717) is 18.9 Å². The highest BCUT2D eigenvalue weighted by Gasteiger charge is 2.19. The van der Waals surface area contributed by atoms with Crippen LogP contribution in [-0.4, -0.2) is 49.2 Å². The summed E-state index contributed by atoms with van der Waals surface area (Å²) in [5.41, 5.74) is 1.06. The van der Waals surface area contributed by atoms with Crippen molar-refractivity contribution in [3.05, 3.63) is 17.8 Å². The van der Waals surface area contributed by atoms with E-state index < -0.39 is 5.97 Å². The first-order valence-electron chi connectivity index (χ1n) is 6.93. The van der Waals surface area contributed by atoms with Crippen LogP contribution in [0.1, 0.15) is 23.8 Å². The number of hydrogen-bond donors (Lipinski definition) is 2. The number of methoxy groups -OCH3 is 1. The number of nitrogens with one attached hydrogen (secondary N) is 2. The van der Waals surface area contributed by atoms with Gasteiger partial charge < -0.3 is 20.1 Å². The highest BCUT2D eigenvalue weighted by atomic mass is 35.5. The van der Waals surface area contributed by atoms with Crippen LogP contribution in [0.5, 0.6) is 0 Å². The molecule has 2 atom stereocenters. The van der Waals surface area contributed by atoms with Crippen LogP contribution in [0.25, 0.3) is 0 Å². The first kappa shape index (κ1) is 15.9. The average Bonchev–Trinajstić information content (AvgIpc) is 2.43. The predicted octanol–water partition coefficient (Wildman–Crippen LogP) is 2.11. The Morgan fingerprint density at radius 2 is 2.33 bits per heavy atom. The summed E-state index contributed by atoms with van der Waals surface area (Å²) in [6.45, 7) is 3.97. The molecule has 2 heterocycles. The molecule has 21 heavy (non-hydrogen) atoms. The van der Waals surface area contributed by atoms with E-state index in [-0.39, 0.29) is 17.2 Å². The normalized spacial score (nSPS) is 18.5. The van der Waals surface area contributed by atoms with Crippen LogP contribution in [-0.2, 0) is 9.47 Å². The highest BCUT2D eigenvalue weighted by molar-refractivity contribution is 6.20. The second kappa shape index (κ2) is 7.47. The van der Waals surface area contributed by atoms with Crippen LogP contribution in [0.4, 0.5) is 11.5 Å². The van der Waals surface area contributed by atoms with Gasteiger partial charge in [0.2, 0.25) is 0 Å². The quantitative estimate of drug-likeness (QED) is 0.593. The van der Waals surface area contributed by atoms with Gasteiger partial charge in [0.25, 0.3) is 0 Å². The molecule has 0 aromatic carbocycles. The van der Waals surface area contributed by atoms with Gasteiger partial charge in [0, 0.05) is 25.1 Å². The fourth-order valence-corrected chi connectivity index (χ4v) is 1.94. The lowest BCUT2D eigenvalue weighted by Gasteiger charge is -2.27. The molecule has 1 aliphatic heterocycles. The van der Waals surface area contributed by atoms with Crippen LogP contribution in [0.2, 0.25) is 0 Å². The molecule has 6 nitrogen and oxygen atoms in total. The number of hydrogen-bond acceptors (Lipinski definition) is 6. The monoisotopic (exact) mass is 313 g/mol. The molecule has 2 rings (SSSR count). The number of rotatable bonds is 7. The lowest BCUT2D eigenvalue weighted by Crippen LogP contribution is -2.34. The van der Waals surface area contributed by atoms with E-state index in [2.05, 4.69) is 15.6 Å². The zero-order valence-corrected chi connectivity index (χ0v) is 12.9. The second-order valence-corrected chi connectivity index (χ2v) is 5.65. The van der Waals surface area contributed by atoms with Crippen molar-refractivity contribution in [2.24, 2.45) is 0 Å². The molecule has 1 saturated heterocycles. The molecule has 0 aliphatic carbocycles. The number of halogens is 1. The number of carbonyl (C=O) groups is 1. The van der Waals surface area contributed by atoms with Crippen LogP contribution < -0.4 is 10.6 Å². The Balaban J connectivity index is 2.10. The Hall–Kier alpha value is -1.53. The molecule has 0 saturated carbocycles. The zero-order chi connectivity index (χ0) is 15.2. The maximum atomic E-state index is 11.6. The number of aromatic nitrogens is 1. The van der Waals surface area contributed by atoms with Crippen LogP contribution in [0, 0.1) is 0 Å². The first-order valence-corrected chi connectivity index (χ1v) is 7.36. The fourth-order valence-electron chi connectivity index (χ4n) is 1.86. The third kappa shape index (κ3) is 4.47. The van der Waals surface area contributed by atoms with E-state index in [9.17, 15) is 4.79 Å². The minimum absolute atomic E-state index is 0.00639. The van der Waals surface area contributed by atoms with E-state index in [4.69, 9.17) is 21.1 Å². The van der Waals surface area contributed by atoms with Gasteiger partial charge in [-0.05, 0) is 25.5 Å². The number of anilines is 2. The lowest BCUT2D eigenvalue weighted by atomic mass is 10.2. The van der Waals surface area contributed by atoms with Crippen LogP contribution in [0.15, 0.2) is 12.1 Å². The predicted molar refractivity (Wildman–Crippen MR) is 82.2 cm³/mol. The first-order chi connectivity index (χ1) is 10.1. The summed E-state index contributed by atoms with van der Waals surface area (Å²) in [5, 5.41) is 6.41. The van der Waals surface area contributed by atoms with Gasteiger partial charge in [-0.3, -0.25) is 0 Å². The van der Waals surface area contributed by atoms with Crippen molar-refractivity contribution in [3.8, 4) is 0 Å². The van der Waals surface area contributed by atoms with E-state index >= 15 is 0 Å². The molecule has 1 fully saturated rings. The maximum Gasteiger partial charge on any atom is 0.356 e. The Labute approximate surface area is 129 Å². The molecule has 1 aliphatic rings. The Morgan fingerprint density at radius 3 is 2.90 bits per heavy atom. The van der Waals surface area contributed by atoms with Gasteiger partial charge in [0.15, 0.2) is 11.5 Å². The van der Waals surface area contributed by atoms with Crippen molar-refractivity contribution < 1.29 is 14.3 Å². The second-order valence-electron chi connectivity index (χ2n) is 4.91. The maximum absolute atomic E-state index is 11.6. The van der Waals surface area contributed by atoms with Gasteiger partial charge in [0.1, 0.15) is 0 Å². The number of pyridine rings is 1. The summed E-state index contributed by atoms with van der Waals surface area (Å²) in [6, 6.07) is 3.42. The molecular formula is C14H20ClN3O3. The van der Waals surface area contributed by atoms with Gasteiger partial charge in [-0.15, -0.1) is 11.6 Å². The molecule has 1 aromatic heterocycles. The third-order valence-electron chi connectivity index (χ3n) is 3.15. The van der Waals surface area contributed by atoms with Crippen molar-refractivity contribution in [2.75, 3.05) is 37.4 Å². The van der Waals surface area contributed by atoms with E-state index in [0.717, 1.165) is 18.7 Å². The van der Waals surface area contributed by atoms with Gasteiger partial charge >= 0.3 is 5.97 Å². The summed E-state index contributed by atoms with van der Waals surface area (Å²) >= 11 is 5.95. The van der Waals surface area contributed by atoms with Crippen molar-refractivity contribution in [3.63, 3.8) is 0 Å². The minimum atomic E-state index is -0.463. The molecule has 7 heteroatoms. The van der Waals surface area contributed by atoms with Crippen molar-refractivity contribution >= 4 is 29.1 Å². The SMILES string of the molecule is COC(=O)c1ccc(NC[C@H](C)Cl)c(NC[C@@H]2CCO2)n1. The van der Waals surface area contributed by atoms with Gasteiger partial charge in [-0.2, -0.15) is 0 Å². The zero-order valence-electron chi connectivity index (χ0n) is 12.2. The summed E-state index contributed by atoms with van der Waals surface area (Å²) < 4.78 is 10.1. The van der Waals surface area contributed by atoms with Crippen molar-refractivity contribution in [1.29, 1.82) is 0 Å². The lowest BCUT2D eigenvalue weighted by molar-refractivity contribution is -0.0410. The molecule has 116 valence electrons. The Kier molecular flexibility index (Phi) is 5.64. The molecule has 0 radical (unpaired) electrons. The molecule has 0 spiro atoms. The van der Waals surface area contributed by atoms with Crippen LogP contribution in [0.3, 0.4) is 0 Å². The molecule has 0 unspecified atom stereocenters. The Bertz CT molecular complexity index is 492. The van der Waals surface area contributed by atoms with Crippen molar-refractivity contribution in [2.45, 2.75) is 24.8 Å². The van der Waals surface area contributed by atoms with Crippen LogP contribution >= 0.6 is 11.6 Å². The summed E-state index contributed by atoms with van der Waals surface area (Å²) in [5.74, 6) is 0.140. The number of esters is 1. The number of carbonyl (C=O) groups excluding carboxylic acids is 1. The molecule has 1 aromatic rings. The van der Waals surface area contributed by atoms with Gasteiger partial charge in [-0.25, -0.2) is 9.78 Å². The summed E-state index contributed by atoms with van der Waals surface area (Å²) in [7, 11) is 1.33. The standard InChI is InChI=1S/C14H20ClN3O3/c1-9(15)7-16-11-3-4-12(14(19)20-2)18-13(11)17-8-10-5-6-21-10/h3-4,9-10,16H,5-8H2,1-2H3,(H,17,18)/t9-,10-/m0/s1. The van der Waals surface area contributed by atoms with Gasteiger partial charge in [0.05, 0.1) is 18.9 Å². The van der Waals surface area contributed by atoms with Gasteiger partial charge in [-0.1, -0.05) is 0 Å². The number of nitrogens with zero attached hydrogens (tertiary/aromatic N) is 1. The topological polar surface area (TPSA) is 72.5 Å². The van der Waals surface area contributed by atoms with Crippen molar-refractivity contribution in [1.82, 2.24) is 4.98 Å². The Morgan fingerprint density at radius 1 is 1.57 bits per heavy atom. The van der Waals surface area contributed by atoms with E-state index in [1.165, 1.54) is 7.11 Å². The number of ether oxygens (including phenoxy) is 2. The largest absolute Gasteiger partial charge is 0.464 e. The summed E-state index contributed by atoms with van der Waals surface area (Å²) in [4.78, 5) is 15.9. The minimum Gasteiger partial charge on any atom is -0.464 e. The fraction of sp³-hybridized carbons (Fsp3) is 0.571. The molecular weight excluding hydrogens is 294 g/mol. The summed E-state index contributed by atoms with van der Waals surface area (Å²) in [6.07, 6.45) is 1.24. The molecule has 0 amide bonds. The van der Waals surface area contributed by atoms with E-state index in [1.54, 1.807) is 12.1 Å².